The van der Waals surface area contributed by atoms with Gasteiger partial charge in [-0.15, -0.1) is 0 Å². The predicted octanol–water partition coefficient (Wildman–Crippen LogP) is 4.25. The second-order valence-electron chi connectivity index (χ2n) is 8.27. The molecule has 3 aromatic carbocycles. The number of carbonyl (C=O) groups is 2. The molecular formula is C28H26FN3O5. The van der Waals surface area contributed by atoms with Gasteiger partial charge in [-0.2, -0.15) is 0 Å². The van der Waals surface area contributed by atoms with Gasteiger partial charge in [-0.3, -0.25) is 14.8 Å². The van der Waals surface area contributed by atoms with Crippen LogP contribution in [-0.2, 0) is 11.2 Å². The summed E-state index contributed by atoms with van der Waals surface area (Å²) < 4.78 is 24.8. The summed E-state index contributed by atoms with van der Waals surface area (Å²) in [4.78, 5) is 27.4. The summed E-state index contributed by atoms with van der Waals surface area (Å²) in [6, 6.07) is 17.9. The highest BCUT2D eigenvalue weighted by molar-refractivity contribution is 5.94. The van der Waals surface area contributed by atoms with E-state index in [2.05, 4.69) is 10.3 Å². The van der Waals surface area contributed by atoms with Crippen LogP contribution < -0.4 is 20.3 Å². The maximum Gasteiger partial charge on any atom is 0.267 e. The lowest BCUT2D eigenvalue weighted by atomic mass is 10.0. The molecule has 0 spiro atoms. The predicted molar refractivity (Wildman–Crippen MR) is 137 cm³/mol. The SMILES string of the molecule is COc1cc(/C=C/C(=O)NO)ccc1OC[C@H](Cc1c[nH]c2ccccc12)NC(=O)c1ccc(F)cc1. The van der Waals surface area contributed by atoms with Crippen molar-refractivity contribution < 1.29 is 28.7 Å². The molecule has 0 bridgehead atoms. The lowest BCUT2D eigenvalue weighted by molar-refractivity contribution is -0.124. The van der Waals surface area contributed by atoms with E-state index in [-0.39, 0.29) is 12.5 Å². The molecule has 0 saturated carbocycles. The van der Waals surface area contributed by atoms with Gasteiger partial charge in [-0.05, 0) is 66.1 Å². The maximum absolute atomic E-state index is 13.3. The largest absolute Gasteiger partial charge is 0.493 e. The summed E-state index contributed by atoms with van der Waals surface area (Å²) in [5, 5.41) is 12.7. The van der Waals surface area contributed by atoms with Gasteiger partial charge in [0.05, 0.1) is 13.2 Å². The number of aromatic amines is 1. The lowest BCUT2D eigenvalue weighted by Crippen LogP contribution is -2.40. The molecule has 1 aromatic heterocycles. The van der Waals surface area contributed by atoms with Gasteiger partial charge in [0.15, 0.2) is 11.5 Å². The zero-order valence-electron chi connectivity index (χ0n) is 20.0. The molecule has 4 N–H and O–H groups in total. The summed E-state index contributed by atoms with van der Waals surface area (Å²) in [5.74, 6) is -0.537. The van der Waals surface area contributed by atoms with E-state index in [9.17, 15) is 14.0 Å². The van der Waals surface area contributed by atoms with Crippen LogP contribution in [0, 0.1) is 5.82 Å². The van der Waals surface area contributed by atoms with Gasteiger partial charge in [-0.25, -0.2) is 9.87 Å². The van der Waals surface area contributed by atoms with Crippen LogP contribution in [0.2, 0.25) is 0 Å². The first-order valence-electron chi connectivity index (χ1n) is 11.5. The first-order valence-corrected chi connectivity index (χ1v) is 11.5. The Balaban J connectivity index is 1.53. The number of hydrogen-bond acceptors (Lipinski definition) is 5. The zero-order valence-corrected chi connectivity index (χ0v) is 20.0. The average molecular weight is 504 g/mol. The van der Waals surface area contributed by atoms with E-state index in [0.717, 1.165) is 16.5 Å². The van der Waals surface area contributed by atoms with E-state index in [0.29, 0.717) is 29.0 Å². The van der Waals surface area contributed by atoms with Crippen molar-refractivity contribution in [2.45, 2.75) is 12.5 Å². The van der Waals surface area contributed by atoms with Crippen LogP contribution >= 0.6 is 0 Å². The normalized spacial score (nSPS) is 11.9. The number of carbonyl (C=O) groups excluding carboxylic acids is 2. The van der Waals surface area contributed by atoms with E-state index in [4.69, 9.17) is 14.7 Å². The highest BCUT2D eigenvalue weighted by atomic mass is 19.1. The Kier molecular flexibility index (Phi) is 8.17. The lowest BCUT2D eigenvalue weighted by Gasteiger charge is -2.20. The Labute approximate surface area is 212 Å². The molecule has 0 aliphatic carbocycles. The topological polar surface area (TPSA) is 113 Å². The molecule has 9 heteroatoms. The molecule has 2 amide bonds. The molecule has 0 radical (unpaired) electrons. The molecule has 8 nitrogen and oxygen atoms in total. The van der Waals surface area contributed by atoms with Crippen molar-refractivity contribution in [2.75, 3.05) is 13.7 Å². The Morgan fingerprint density at radius 2 is 1.86 bits per heavy atom. The maximum atomic E-state index is 13.3. The summed E-state index contributed by atoms with van der Waals surface area (Å²) in [6.45, 7) is 0.130. The molecule has 4 rings (SSSR count). The fourth-order valence-corrected chi connectivity index (χ4v) is 3.89. The minimum absolute atomic E-state index is 0.130. The Morgan fingerprint density at radius 1 is 1.08 bits per heavy atom. The summed E-state index contributed by atoms with van der Waals surface area (Å²) in [7, 11) is 1.50. The molecule has 0 fully saturated rings. The number of hydroxylamine groups is 1. The third-order valence-electron chi connectivity index (χ3n) is 5.75. The van der Waals surface area contributed by atoms with E-state index in [1.54, 1.807) is 18.2 Å². The van der Waals surface area contributed by atoms with Crippen molar-refractivity contribution in [3.63, 3.8) is 0 Å². The van der Waals surface area contributed by atoms with E-state index in [1.807, 2.05) is 30.5 Å². The zero-order chi connectivity index (χ0) is 26.2. The number of fused-ring (bicyclic) bond motifs is 1. The van der Waals surface area contributed by atoms with Crippen LogP contribution in [0.5, 0.6) is 11.5 Å². The van der Waals surface area contributed by atoms with Crippen LogP contribution in [0.3, 0.4) is 0 Å². The number of H-pyrrole nitrogens is 1. The molecule has 1 heterocycles. The Morgan fingerprint density at radius 3 is 2.62 bits per heavy atom. The molecule has 0 aliphatic rings. The van der Waals surface area contributed by atoms with E-state index in [1.165, 1.54) is 49.0 Å². The van der Waals surface area contributed by atoms with Gasteiger partial charge in [0.2, 0.25) is 0 Å². The molecule has 0 aliphatic heterocycles. The van der Waals surface area contributed by atoms with Gasteiger partial charge in [0.25, 0.3) is 11.8 Å². The van der Waals surface area contributed by atoms with Crippen molar-refractivity contribution in [2.24, 2.45) is 0 Å². The molecule has 37 heavy (non-hydrogen) atoms. The monoisotopic (exact) mass is 503 g/mol. The number of aromatic nitrogens is 1. The van der Waals surface area contributed by atoms with Gasteiger partial charge < -0.3 is 19.8 Å². The van der Waals surface area contributed by atoms with E-state index >= 15 is 0 Å². The highest BCUT2D eigenvalue weighted by Gasteiger charge is 2.18. The first kappa shape index (κ1) is 25.5. The van der Waals surface area contributed by atoms with Gasteiger partial charge in [0.1, 0.15) is 12.4 Å². The van der Waals surface area contributed by atoms with Gasteiger partial charge >= 0.3 is 0 Å². The van der Waals surface area contributed by atoms with Crippen molar-refractivity contribution in [1.29, 1.82) is 0 Å². The number of benzene rings is 3. The molecule has 4 aromatic rings. The summed E-state index contributed by atoms with van der Waals surface area (Å²) in [5.41, 5.74) is 4.53. The smallest absolute Gasteiger partial charge is 0.267 e. The van der Waals surface area contributed by atoms with Crippen LogP contribution in [0.15, 0.2) is 79.0 Å². The third-order valence-corrected chi connectivity index (χ3v) is 5.75. The van der Waals surface area contributed by atoms with Crippen molar-refractivity contribution >= 4 is 28.8 Å². The number of ether oxygens (including phenoxy) is 2. The molecule has 190 valence electrons. The minimum Gasteiger partial charge on any atom is -0.493 e. The number of halogens is 1. The van der Waals surface area contributed by atoms with Crippen LogP contribution in [0.4, 0.5) is 4.39 Å². The second kappa shape index (κ2) is 11.9. The number of nitrogens with one attached hydrogen (secondary N) is 3. The Hall–Kier alpha value is -4.63. The van der Waals surface area contributed by atoms with Crippen molar-refractivity contribution in [1.82, 2.24) is 15.8 Å². The molecule has 1 atom stereocenters. The minimum atomic E-state index is -0.656. The fraction of sp³-hybridized carbons (Fsp3) is 0.143. The number of para-hydroxylation sites is 1. The summed E-state index contributed by atoms with van der Waals surface area (Å²) in [6.07, 6.45) is 5.08. The van der Waals surface area contributed by atoms with E-state index < -0.39 is 17.8 Å². The fourth-order valence-electron chi connectivity index (χ4n) is 3.89. The first-order chi connectivity index (χ1) is 18.0. The van der Waals surface area contributed by atoms with Gasteiger partial charge in [0, 0.05) is 28.7 Å². The third kappa shape index (κ3) is 6.53. The van der Waals surface area contributed by atoms with Crippen LogP contribution in [0.1, 0.15) is 21.5 Å². The number of amides is 2. The quantitative estimate of drug-likeness (QED) is 0.147. The average Bonchev–Trinajstić information content (AvgIpc) is 3.33. The van der Waals surface area contributed by atoms with Crippen LogP contribution in [-0.4, -0.2) is 41.8 Å². The molecule has 0 unspecified atom stereocenters. The second-order valence-corrected chi connectivity index (χ2v) is 8.27. The van der Waals surface area contributed by atoms with Crippen LogP contribution in [0.25, 0.3) is 17.0 Å². The molecule has 0 saturated heterocycles. The Bertz CT molecular complexity index is 1420. The highest BCUT2D eigenvalue weighted by Crippen LogP contribution is 2.29. The van der Waals surface area contributed by atoms with Crippen molar-refractivity contribution in [3.05, 3.63) is 102 Å². The van der Waals surface area contributed by atoms with Crippen molar-refractivity contribution in [3.8, 4) is 11.5 Å². The number of rotatable bonds is 10. The number of hydrogen-bond donors (Lipinski definition) is 4. The number of methoxy groups -OCH3 is 1. The van der Waals surface area contributed by atoms with Gasteiger partial charge in [-0.1, -0.05) is 24.3 Å². The summed E-state index contributed by atoms with van der Waals surface area (Å²) >= 11 is 0. The standard InChI is InChI=1S/C28H26FN3O5/c1-36-26-14-18(7-13-27(33)32-35)6-12-25(26)37-17-22(31-28(34)19-8-10-21(29)11-9-19)15-20-16-30-24-5-3-2-4-23(20)24/h2-14,16,22,30,35H,15,17H2,1H3,(H,31,34)(H,32,33)/b13-7+/t22-/m0/s1. The molecular weight excluding hydrogens is 477 g/mol.